The summed E-state index contributed by atoms with van der Waals surface area (Å²) in [6, 6.07) is 9.93. The molecule has 0 bridgehead atoms. The topological polar surface area (TPSA) is 9.23 Å². The highest BCUT2D eigenvalue weighted by molar-refractivity contribution is 5.55. The van der Waals surface area contributed by atoms with Gasteiger partial charge in [0.15, 0.2) is 5.76 Å². The first-order valence-corrected chi connectivity index (χ1v) is 5.23. The molecule has 0 aromatic heterocycles. The fraction of sp³-hybridized carbons (Fsp3) is 0.286. The third kappa shape index (κ3) is 4.37. The first-order valence-electron chi connectivity index (χ1n) is 5.23. The molecule has 15 heavy (non-hydrogen) atoms. The summed E-state index contributed by atoms with van der Waals surface area (Å²) >= 11 is 0. The minimum absolute atomic E-state index is 0.606. The summed E-state index contributed by atoms with van der Waals surface area (Å²) in [5.74, 6) is 3.15. The zero-order valence-electron chi connectivity index (χ0n) is 9.07. The lowest BCUT2D eigenvalue weighted by Gasteiger charge is -2.03. The molecule has 0 saturated carbocycles. The molecule has 1 aromatic rings. The van der Waals surface area contributed by atoms with E-state index in [9.17, 15) is 0 Å². The Hall–Kier alpha value is -1.68. The molecule has 0 radical (unpaired) electrons. The first kappa shape index (κ1) is 11.4. The Balaban J connectivity index is 2.59. The summed E-state index contributed by atoms with van der Waals surface area (Å²) in [4.78, 5) is 0. The van der Waals surface area contributed by atoms with Crippen LogP contribution in [0, 0.1) is 12.3 Å². The van der Waals surface area contributed by atoms with Crippen molar-refractivity contribution in [1.29, 1.82) is 0 Å². The van der Waals surface area contributed by atoms with Crippen LogP contribution < -0.4 is 0 Å². The summed E-state index contributed by atoms with van der Waals surface area (Å²) in [5, 5.41) is 0. The Bertz CT molecular complexity index is 343. The highest BCUT2D eigenvalue weighted by Gasteiger charge is 1.94. The highest BCUT2D eigenvalue weighted by atomic mass is 16.5. The van der Waals surface area contributed by atoms with Crippen molar-refractivity contribution in [2.45, 2.75) is 19.8 Å². The molecule has 78 valence electrons. The molecule has 1 heteroatoms. The van der Waals surface area contributed by atoms with Gasteiger partial charge in [0.05, 0.1) is 6.61 Å². The Morgan fingerprint density at radius 3 is 2.73 bits per heavy atom. The standard InChI is InChI=1S/C14H16O/c1-3-5-11-15-14(4-2)12-13-9-7-6-8-10-13/h2,6-10,12H,3,5,11H2,1H3/b14-12+. The van der Waals surface area contributed by atoms with E-state index in [0.717, 1.165) is 18.4 Å². The molecule has 0 N–H and O–H groups in total. The molecule has 0 atom stereocenters. The molecular weight excluding hydrogens is 184 g/mol. The van der Waals surface area contributed by atoms with Gasteiger partial charge >= 0.3 is 0 Å². The van der Waals surface area contributed by atoms with Gasteiger partial charge < -0.3 is 4.74 Å². The van der Waals surface area contributed by atoms with Crippen LogP contribution in [0.5, 0.6) is 0 Å². The Kier molecular flexibility index (Phi) is 5.11. The van der Waals surface area contributed by atoms with E-state index in [1.807, 2.05) is 36.4 Å². The Morgan fingerprint density at radius 1 is 1.40 bits per heavy atom. The Morgan fingerprint density at radius 2 is 2.13 bits per heavy atom. The summed E-state index contributed by atoms with van der Waals surface area (Å²) < 4.78 is 5.46. The molecular formula is C14H16O. The van der Waals surface area contributed by atoms with Crippen LogP contribution in [-0.2, 0) is 4.74 Å². The molecule has 0 aliphatic carbocycles. The van der Waals surface area contributed by atoms with Gasteiger partial charge in [-0.15, -0.1) is 6.42 Å². The normalized spacial score (nSPS) is 10.8. The zero-order chi connectivity index (χ0) is 10.9. The lowest BCUT2D eigenvalue weighted by atomic mass is 10.2. The van der Waals surface area contributed by atoms with Gasteiger partial charge in [0.25, 0.3) is 0 Å². The van der Waals surface area contributed by atoms with Crippen LogP contribution in [0.1, 0.15) is 25.3 Å². The third-order valence-electron chi connectivity index (χ3n) is 2.00. The molecule has 0 aliphatic rings. The smallest absolute Gasteiger partial charge is 0.170 e. The van der Waals surface area contributed by atoms with E-state index >= 15 is 0 Å². The predicted molar refractivity (Wildman–Crippen MR) is 64.1 cm³/mol. The van der Waals surface area contributed by atoms with Gasteiger partial charge in [0.2, 0.25) is 0 Å². The molecule has 0 amide bonds. The van der Waals surface area contributed by atoms with Crippen LogP contribution in [0.15, 0.2) is 36.1 Å². The van der Waals surface area contributed by atoms with Gasteiger partial charge in [0, 0.05) is 0 Å². The van der Waals surface area contributed by atoms with Crippen molar-refractivity contribution in [2.24, 2.45) is 0 Å². The summed E-state index contributed by atoms with van der Waals surface area (Å²) in [5.41, 5.74) is 1.07. The average Bonchev–Trinajstić information content (AvgIpc) is 2.29. The first-order chi connectivity index (χ1) is 7.36. The SMILES string of the molecule is C#C/C(=C\c1ccccc1)OCCCC. The molecule has 0 spiro atoms. The van der Waals surface area contributed by atoms with Gasteiger partial charge in [-0.1, -0.05) is 43.7 Å². The van der Waals surface area contributed by atoms with E-state index in [1.165, 1.54) is 0 Å². The third-order valence-corrected chi connectivity index (χ3v) is 2.00. The molecule has 1 nitrogen and oxygen atoms in total. The number of rotatable bonds is 5. The summed E-state index contributed by atoms with van der Waals surface area (Å²) in [6.45, 7) is 2.82. The quantitative estimate of drug-likeness (QED) is 0.401. The van der Waals surface area contributed by atoms with Gasteiger partial charge in [-0.25, -0.2) is 0 Å². The summed E-state index contributed by atoms with van der Waals surface area (Å²) in [6.07, 6.45) is 9.39. The van der Waals surface area contributed by atoms with Gasteiger partial charge in [-0.3, -0.25) is 0 Å². The van der Waals surface area contributed by atoms with E-state index in [1.54, 1.807) is 0 Å². The molecule has 0 saturated heterocycles. The van der Waals surface area contributed by atoms with Gasteiger partial charge in [-0.05, 0) is 24.0 Å². The van der Waals surface area contributed by atoms with Crippen LogP contribution in [0.3, 0.4) is 0 Å². The van der Waals surface area contributed by atoms with Crippen molar-refractivity contribution in [3.05, 3.63) is 41.7 Å². The number of unbranched alkanes of at least 4 members (excludes halogenated alkanes) is 1. The van der Waals surface area contributed by atoms with Gasteiger partial charge in [-0.2, -0.15) is 0 Å². The van der Waals surface area contributed by atoms with Crippen molar-refractivity contribution in [3.63, 3.8) is 0 Å². The van der Waals surface area contributed by atoms with Crippen LogP contribution in [0.2, 0.25) is 0 Å². The number of benzene rings is 1. The van der Waals surface area contributed by atoms with Crippen molar-refractivity contribution in [2.75, 3.05) is 6.61 Å². The fourth-order valence-corrected chi connectivity index (χ4v) is 1.15. The molecule has 0 aliphatic heterocycles. The summed E-state index contributed by atoms with van der Waals surface area (Å²) in [7, 11) is 0. The second-order valence-corrected chi connectivity index (χ2v) is 3.27. The van der Waals surface area contributed by atoms with Gasteiger partial charge in [0.1, 0.15) is 0 Å². The average molecular weight is 200 g/mol. The maximum Gasteiger partial charge on any atom is 0.170 e. The second kappa shape index (κ2) is 6.73. The largest absolute Gasteiger partial charge is 0.485 e. The van der Waals surface area contributed by atoms with E-state index in [-0.39, 0.29) is 0 Å². The maximum atomic E-state index is 5.46. The van der Waals surface area contributed by atoms with Crippen LogP contribution in [0.4, 0.5) is 0 Å². The van der Waals surface area contributed by atoms with E-state index in [2.05, 4.69) is 12.8 Å². The molecule has 0 unspecified atom stereocenters. The van der Waals surface area contributed by atoms with E-state index in [0.29, 0.717) is 12.4 Å². The van der Waals surface area contributed by atoms with Crippen molar-refractivity contribution < 1.29 is 4.74 Å². The van der Waals surface area contributed by atoms with Crippen LogP contribution in [-0.4, -0.2) is 6.61 Å². The second-order valence-electron chi connectivity index (χ2n) is 3.27. The lowest BCUT2D eigenvalue weighted by Crippen LogP contribution is -1.92. The molecule has 1 aromatic carbocycles. The zero-order valence-corrected chi connectivity index (χ0v) is 9.07. The van der Waals surface area contributed by atoms with Crippen molar-refractivity contribution in [3.8, 4) is 12.3 Å². The predicted octanol–water partition coefficient (Wildman–Crippen LogP) is 3.48. The van der Waals surface area contributed by atoms with Crippen LogP contribution in [0.25, 0.3) is 6.08 Å². The molecule has 1 rings (SSSR count). The fourth-order valence-electron chi connectivity index (χ4n) is 1.15. The Labute approximate surface area is 91.8 Å². The number of ether oxygens (including phenoxy) is 1. The number of hydrogen-bond acceptors (Lipinski definition) is 1. The number of allylic oxidation sites excluding steroid dienone is 1. The lowest BCUT2D eigenvalue weighted by molar-refractivity contribution is 0.225. The maximum absolute atomic E-state index is 5.46. The van der Waals surface area contributed by atoms with E-state index < -0.39 is 0 Å². The van der Waals surface area contributed by atoms with Crippen LogP contribution >= 0.6 is 0 Å². The minimum Gasteiger partial charge on any atom is -0.485 e. The minimum atomic E-state index is 0.606. The van der Waals surface area contributed by atoms with Crippen molar-refractivity contribution in [1.82, 2.24) is 0 Å². The van der Waals surface area contributed by atoms with Crippen molar-refractivity contribution >= 4 is 6.08 Å². The molecule has 0 fully saturated rings. The number of hydrogen-bond donors (Lipinski definition) is 0. The monoisotopic (exact) mass is 200 g/mol. The molecule has 0 heterocycles. The van der Waals surface area contributed by atoms with E-state index in [4.69, 9.17) is 11.2 Å². The number of terminal acetylenes is 1. The highest BCUT2D eigenvalue weighted by Crippen LogP contribution is 2.07.